The number of hydrogen-bond acceptors (Lipinski definition) is 2. The molecule has 4 rings (SSSR count). The highest BCUT2D eigenvalue weighted by Gasteiger charge is 2.37. The van der Waals surface area contributed by atoms with Crippen LogP contribution < -0.4 is 10.2 Å². The number of para-hydroxylation sites is 1. The van der Waals surface area contributed by atoms with Gasteiger partial charge in [-0.05, 0) is 34.9 Å². The Hall–Kier alpha value is -3.14. The fourth-order valence-electron chi connectivity index (χ4n) is 3.89. The lowest BCUT2D eigenvalue weighted by molar-refractivity contribution is -0.125. The van der Waals surface area contributed by atoms with Gasteiger partial charge in [0.25, 0.3) is 0 Å². The maximum atomic E-state index is 13.3. The summed E-state index contributed by atoms with van der Waals surface area (Å²) in [7, 11) is 0. The third-order valence-corrected chi connectivity index (χ3v) is 5.12. The Kier molecular flexibility index (Phi) is 4.63. The van der Waals surface area contributed by atoms with Crippen LogP contribution >= 0.6 is 0 Å². The van der Waals surface area contributed by atoms with Crippen LogP contribution in [0.5, 0.6) is 0 Å². The lowest BCUT2D eigenvalue weighted by Crippen LogP contribution is -2.48. The Morgan fingerprint density at radius 3 is 2.59 bits per heavy atom. The molecular weight excluding hydrogens is 336 g/mol. The Morgan fingerprint density at radius 2 is 1.74 bits per heavy atom. The second-order valence-corrected chi connectivity index (χ2v) is 6.82. The summed E-state index contributed by atoms with van der Waals surface area (Å²) in [6, 6.07) is 21.4. The molecule has 0 aliphatic carbocycles. The summed E-state index contributed by atoms with van der Waals surface area (Å²) in [6.07, 6.45) is 0.828. The second-order valence-electron chi connectivity index (χ2n) is 6.82. The summed E-state index contributed by atoms with van der Waals surface area (Å²) < 4.78 is 0. The van der Waals surface area contributed by atoms with Crippen LogP contribution in [-0.2, 0) is 22.4 Å². The first kappa shape index (κ1) is 17.3. The predicted molar refractivity (Wildman–Crippen MR) is 108 cm³/mol. The van der Waals surface area contributed by atoms with Gasteiger partial charge in [-0.1, -0.05) is 60.7 Å². The van der Waals surface area contributed by atoms with Crippen molar-refractivity contribution in [3.8, 4) is 0 Å². The Bertz CT molecular complexity index is 1010. The average molecular weight is 358 g/mol. The van der Waals surface area contributed by atoms with Gasteiger partial charge < -0.3 is 5.32 Å². The molecule has 3 aromatic rings. The largest absolute Gasteiger partial charge is 0.355 e. The average Bonchev–Trinajstić information content (AvgIpc) is 3.08. The van der Waals surface area contributed by atoms with Crippen LogP contribution in [0, 0.1) is 0 Å². The quantitative estimate of drug-likeness (QED) is 0.776. The van der Waals surface area contributed by atoms with Crippen LogP contribution in [0.1, 0.15) is 18.1 Å². The van der Waals surface area contributed by atoms with E-state index >= 15 is 0 Å². The van der Waals surface area contributed by atoms with Gasteiger partial charge in [-0.15, -0.1) is 0 Å². The summed E-state index contributed by atoms with van der Waals surface area (Å²) >= 11 is 0. The van der Waals surface area contributed by atoms with Crippen molar-refractivity contribution < 1.29 is 9.59 Å². The van der Waals surface area contributed by atoms with Gasteiger partial charge >= 0.3 is 0 Å². The fraction of sp³-hybridized carbons (Fsp3) is 0.217. The molecule has 1 N–H and O–H groups in total. The molecule has 27 heavy (non-hydrogen) atoms. The molecule has 0 radical (unpaired) electrons. The predicted octanol–water partition coefficient (Wildman–Crippen LogP) is 3.48. The van der Waals surface area contributed by atoms with Gasteiger partial charge in [0.15, 0.2) is 0 Å². The summed E-state index contributed by atoms with van der Waals surface area (Å²) in [5.41, 5.74) is 2.87. The molecule has 1 aliphatic heterocycles. The highest BCUT2D eigenvalue weighted by atomic mass is 16.2. The summed E-state index contributed by atoms with van der Waals surface area (Å²) in [5.74, 6) is -0.146. The van der Waals surface area contributed by atoms with Crippen molar-refractivity contribution in [2.75, 3.05) is 11.4 Å². The second kappa shape index (κ2) is 7.23. The van der Waals surface area contributed by atoms with Crippen molar-refractivity contribution >= 4 is 28.3 Å². The molecule has 0 fully saturated rings. The van der Waals surface area contributed by atoms with Crippen molar-refractivity contribution in [3.05, 3.63) is 77.9 Å². The van der Waals surface area contributed by atoms with Crippen molar-refractivity contribution in [1.82, 2.24) is 5.32 Å². The molecule has 3 aromatic carbocycles. The van der Waals surface area contributed by atoms with Gasteiger partial charge in [0, 0.05) is 18.7 Å². The number of anilines is 1. The van der Waals surface area contributed by atoms with Crippen molar-refractivity contribution in [2.45, 2.75) is 25.8 Å². The molecule has 2 amide bonds. The van der Waals surface area contributed by atoms with Crippen LogP contribution in [0.4, 0.5) is 5.69 Å². The van der Waals surface area contributed by atoms with Crippen LogP contribution in [0.3, 0.4) is 0 Å². The Labute approximate surface area is 158 Å². The fourth-order valence-corrected chi connectivity index (χ4v) is 3.89. The lowest BCUT2D eigenvalue weighted by Gasteiger charge is -2.25. The third-order valence-electron chi connectivity index (χ3n) is 5.12. The number of likely N-dealkylation sites (N-methyl/N-ethyl adjacent to an activating group) is 1. The molecule has 0 spiro atoms. The van der Waals surface area contributed by atoms with Gasteiger partial charge in [-0.3, -0.25) is 14.5 Å². The van der Waals surface area contributed by atoms with Crippen LogP contribution in [0.2, 0.25) is 0 Å². The van der Waals surface area contributed by atoms with E-state index in [1.807, 2.05) is 73.7 Å². The number of benzene rings is 3. The molecule has 4 nitrogen and oxygen atoms in total. The van der Waals surface area contributed by atoms with Crippen molar-refractivity contribution in [1.29, 1.82) is 0 Å². The van der Waals surface area contributed by atoms with E-state index in [0.717, 1.165) is 27.6 Å². The van der Waals surface area contributed by atoms with E-state index in [2.05, 4.69) is 5.32 Å². The Balaban J connectivity index is 1.68. The molecule has 1 unspecified atom stereocenters. The zero-order valence-corrected chi connectivity index (χ0v) is 15.3. The highest BCUT2D eigenvalue weighted by molar-refractivity contribution is 6.05. The number of hydrogen-bond donors (Lipinski definition) is 1. The molecule has 0 saturated carbocycles. The first-order valence-electron chi connectivity index (χ1n) is 9.33. The van der Waals surface area contributed by atoms with Crippen molar-refractivity contribution in [2.24, 2.45) is 0 Å². The molecule has 1 heterocycles. The minimum absolute atomic E-state index is 0.0486. The van der Waals surface area contributed by atoms with Gasteiger partial charge in [-0.2, -0.15) is 0 Å². The third kappa shape index (κ3) is 3.19. The van der Waals surface area contributed by atoms with Crippen LogP contribution in [0.25, 0.3) is 10.8 Å². The number of nitrogens with one attached hydrogen (secondary N) is 1. The van der Waals surface area contributed by atoms with E-state index in [1.165, 1.54) is 0 Å². The molecule has 1 atom stereocenters. The number of nitrogens with zero attached hydrogens (tertiary/aromatic N) is 1. The normalized spacial score (nSPS) is 15.6. The smallest absolute Gasteiger partial charge is 0.243 e. The summed E-state index contributed by atoms with van der Waals surface area (Å²) in [5, 5.41) is 5.06. The topological polar surface area (TPSA) is 49.4 Å². The maximum Gasteiger partial charge on any atom is 0.243 e. The zero-order chi connectivity index (χ0) is 18.8. The van der Waals surface area contributed by atoms with Crippen LogP contribution in [-0.4, -0.2) is 24.4 Å². The first-order chi connectivity index (χ1) is 13.2. The van der Waals surface area contributed by atoms with Crippen molar-refractivity contribution in [3.63, 3.8) is 0 Å². The number of amides is 2. The molecule has 4 heteroatoms. The van der Waals surface area contributed by atoms with E-state index in [0.29, 0.717) is 13.0 Å². The highest BCUT2D eigenvalue weighted by Crippen LogP contribution is 2.33. The molecule has 0 saturated heterocycles. The van der Waals surface area contributed by atoms with Gasteiger partial charge in [0.1, 0.15) is 6.04 Å². The molecule has 136 valence electrons. The number of carbonyl (C=O) groups excluding carboxylic acids is 2. The molecular formula is C23H22N2O2. The molecule has 0 bridgehead atoms. The van der Waals surface area contributed by atoms with Crippen LogP contribution in [0.15, 0.2) is 66.7 Å². The molecule has 1 aliphatic rings. The maximum absolute atomic E-state index is 13.3. The van der Waals surface area contributed by atoms with E-state index in [1.54, 1.807) is 4.90 Å². The number of fused-ring (bicyclic) bond motifs is 2. The van der Waals surface area contributed by atoms with Gasteiger partial charge in [-0.25, -0.2) is 0 Å². The van der Waals surface area contributed by atoms with E-state index in [9.17, 15) is 9.59 Å². The number of rotatable bonds is 4. The van der Waals surface area contributed by atoms with E-state index in [-0.39, 0.29) is 18.2 Å². The van der Waals surface area contributed by atoms with Gasteiger partial charge in [0.2, 0.25) is 11.8 Å². The minimum atomic E-state index is -0.482. The standard InChI is InChI=1S/C23H22N2O2/c1-2-24-23(27)21-14-18-9-4-6-13-20(18)25(21)22(26)15-17-11-7-10-16-8-3-5-12-19(16)17/h3-13,21H,2,14-15H2,1H3,(H,24,27). The summed E-state index contributed by atoms with van der Waals surface area (Å²) in [4.78, 5) is 27.6. The van der Waals surface area contributed by atoms with E-state index in [4.69, 9.17) is 0 Å². The zero-order valence-electron chi connectivity index (χ0n) is 15.3. The monoisotopic (exact) mass is 358 g/mol. The summed E-state index contributed by atoms with van der Waals surface area (Å²) in [6.45, 7) is 2.44. The molecule has 0 aromatic heterocycles. The first-order valence-corrected chi connectivity index (χ1v) is 9.33. The lowest BCUT2D eigenvalue weighted by atomic mass is 10.0. The van der Waals surface area contributed by atoms with E-state index < -0.39 is 6.04 Å². The SMILES string of the molecule is CCNC(=O)C1Cc2ccccc2N1C(=O)Cc1cccc2ccccc12. The Morgan fingerprint density at radius 1 is 1.00 bits per heavy atom. The van der Waals surface area contributed by atoms with Gasteiger partial charge in [0.05, 0.1) is 6.42 Å². The minimum Gasteiger partial charge on any atom is -0.355 e. The number of carbonyl (C=O) groups is 2.